The summed E-state index contributed by atoms with van der Waals surface area (Å²) in [7, 11) is 0. The van der Waals surface area contributed by atoms with E-state index in [2.05, 4.69) is 5.32 Å². The Kier molecular flexibility index (Phi) is 3.89. The van der Waals surface area contributed by atoms with Crippen molar-refractivity contribution in [1.29, 1.82) is 0 Å². The summed E-state index contributed by atoms with van der Waals surface area (Å²) in [4.78, 5) is 12.9. The summed E-state index contributed by atoms with van der Waals surface area (Å²) >= 11 is 7.81. The Balaban J connectivity index is 2.00. The third-order valence-corrected chi connectivity index (χ3v) is 5.26. The van der Waals surface area contributed by atoms with Gasteiger partial charge in [-0.05, 0) is 35.6 Å². The van der Waals surface area contributed by atoms with E-state index in [1.54, 1.807) is 12.1 Å². The fourth-order valence-electron chi connectivity index (χ4n) is 2.28. The van der Waals surface area contributed by atoms with Gasteiger partial charge in [0.2, 0.25) is 0 Å². The molecular weight excluding hydrogens is 308 g/mol. The van der Waals surface area contributed by atoms with E-state index in [9.17, 15) is 4.79 Å². The summed E-state index contributed by atoms with van der Waals surface area (Å²) < 4.78 is 5.54. The number of carbonyl (C=O) groups excluding carboxylic acids is 1. The van der Waals surface area contributed by atoms with Crippen molar-refractivity contribution in [3.63, 3.8) is 0 Å². The number of thiophene rings is 1. The van der Waals surface area contributed by atoms with Gasteiger partial charge in [0.25, 0.3) is 5.91 Å². The van der Waals surface area contributed by atoms with Gasteiger partial charge in [0.15, 0.2) is 0 Å². The second-order valence-electron chi connectivity index (χ2n) is 4.93. The number of hydrogen-bond acceptors (Lipinski definition) is 4. The maximum Gasteiger partial charge on any atom is 0.255 e. The lowest BCUT2D eigenvalue weighted by atomic mass is 10.0. The van der Waals surface area contributed by atoms with Crippen LogP contribution >= 0.6 is 22.9 Å². The minimum absolute atomic E-state index is 0.134. The Morgan fingerprint density at radius 1 is 1.48 bits per heavy atom. The Hall–Kier alpha value is -1.56. The monoisotopic (exact) mass is 322 g/mol. The van der Waals surface area contributed by atoms with Crippen LogP contribution in [0, 0.1) is 6.92 Å². The number of hydrogen-bond donors (Lipinski definition) is 2. The first kappa shape index (κ1) is 14.4. The number of aryl methyl sites for hydroxylation is 1. The molecule has 2 heterocycles. The van der Waals surface area contributed by atoms with Gasteiger partial charge < -0.3 is 15.8 Å². The molecule has 0 radical (unpaired) electrons. The summed E-state index contributed by atoms with van der Waals surface area (Å²) in [6.45, 7) is 2.93. The molecule has 1 aromatic carbocycles. The molecule has 0 aliphatic carbocycles. The highest BCUT2D eigenvalue weighted by Crippen LogP contribution is 2.35. The van der Waals surface area contributed by atoms with Crippen molar-refractivity contribution in [2.45, 2.75) is 13.0 Å². The highest BCUT2D eigenvalue weighted by Gasteiger charge is 2.21. The van der Waals surface area contributed by atoms with Gasteiger partial charge >= 0.3 is 0 Å². The molecule has 110 valence electrons. The van der Waals surface area contributed by atoms with Crippen molar-refractivity contribution in [2.75, 3.05) is 13.2 Å². The molecular formula is C15H15ClN2O2S. The zero-order valence-corrected chi connectivity index (χ0v) is 13.1. The van der Waals surface area contributed by atoms with E-state index in [4.69, 9.17) is 22.1 Å². The highest BCUT2D eigenvalue weighted by molar-refractivity contribution is 7.10. The van der Waals surface area contributed by atoms with Gasteiger partial charge in [-0.3, -0.25) is 4.79 Å². The Labute approximate surface area is 131 Å². The lowest BCUT2D eigenvalue weighted by Gasteiger charge is -2.14. The number of nitrogens with one attached hydrogen (secondary N) is 1. The number of ether oxygens (including phenoxy) is 1. The molecule has 1 aliphatic heterocycles. The summed E-state index contributed by atoms with van der Waals surface area (Å²) in [6.07, 6.45) is 0. The quantitative estimate of drug-likeness (QED) is 0.893. The molecule has 6 heteroatoms. The van der Waals surface area contributed by atoms with Crippen LogP contribution in [0.25, 0.3) is 0 Å². The third kappa shape index (κ3) is 2.64. The molecule has 0 fully saturated rings. The maximum absolute atomic E-state index is 12.0. The van der Waals surface area contributed by atoms with Crippen LogP contribution < -0.4 is 15.8 Å². The summed E-state index contributed by atoms with van der Waals surface area (Å²) in [5.41, 5.74) is 8.68. The molecule has 0 saturated carbocycles. The number of halogens is 1. The fraction of sp³-hybridized carbons (Fsp3) is 0.267. The van der Waals surface area contributed by atoms with Crippen LogP contribution in [0.5, 0.6) is 5.75 Å². The second kappa shape index (κ2) is 5.67. The van der Waals surface area contributed by atoms with Gasteiger partial charge in [-0.15, -0.1) is 11.3 Å². The van der Waals surface area contributed by atoms with Crippen LogP contribution in [-0.4, -0.2) is 19.1 Å². The van der Waals surface area contributed by atoms with Gasteiger partial charge in [0.05, 0.1) is 23.2 Å². The minimum Gasteiger partial charge on any atom is -0.491 e. The zero-order chi connectivity index (χ0) is 15.0. The van der Waals surface area contributed by atoms with Crippen LogP contribution in [0.15, 0.2) is 23.6 Å². The van der Waals surface area contributed by atoms with Crippen molar-refractivity contribution in [1.82, 2.24) is 5.32 Å². The molecule has 3 rings (SSSR count). The number of carbonyl (C=O) groups is 1. The highest BCUT2D eigenvalue weighted by atomic mass is 35.5. The van der Waals surface area contributed by atoms with Crippen molar-refractivity contribution in [3.8, 4) is 5.75 Å². The van der Waals surface area contributed by atoms with Crippen LogP contribution in [0.3, 0.4) is 0 Å². The minimum atomic E-state index is -0.349. The largest absolute Gasteiger partial charge is 0.491 e. The Bertz CT molecular complexity index is 699. The second-order valence-corrected chi connectivity index (χ2v) is 6.22. The van der Waals surface area contributed by atoms with Crippen molar-refractivity contribution in [3.05, 3.63) is 50.2 Å². The Morgan fingerprint density at radius 3 is 3.00 bits per heavy atom. The van der Waals surface area contributed by atoms with E-state index in [1.165, 1.54) is 11.3 Å². The van der Waals surface area contributed by atoms with E-state index in [-0.39, 0.29) is 11.9 Å². The van der Waals surface area contributed by atoms with E-state index in [0.29, 0.717) is 29.5 Å². The third-order valence-electron chi connectivity index (χ3n) is 3.46. The zero-order valence-electron chi connectivity index (χ0n) is 11.5. The summed E-state index contributed by atoms with van der Waals surface area (Å²) in [5, 5.41) is 5.47. The fourth-order valence-corrected chi connectivity index (χ4v) is 3.62. The van der Waals surface area contributed by atoms with Gasteiger partial charge in [0, 0.05) is 4.88 Å². The first-order valence-corrected chi connectivity index (χ1v) is 7.87. The van der Waals surface area contributed by atoms with Crippen LogP contribution in [0.1, 0.15) is 32.4 Å². The van der Waals surface area contributed by atoms with Gasteiger partial charge in [-0.25, -0.2) is 0 Å². The normalized spacial score (nSPS) is 15.7. The molecule has 1 amide bonds. The van der Waals surface area contributed by atoms with Gasteiger partial charge in [-0.2, -0.15) is 0 Å². The summed E-state index contributed by atoms with van der Waals surface area (Å²) in [5.74, 6) is 0.458. The smallest absolute Gasteiger partial charge is 0.255 e. The predicted molar refractivity (Wildman–Crippen MR) is 84.4 cm³/mol. The molecule has 0 spiro atoms. The number of benzene rings is 1. The van der Waals surface area contributed by atoms with Crippen LogP contribution in [0.2, 0.25) is 5.02 Å². The SMILES string of the molecule is Cc1csc(C(N)c2ccc3c(c2)C(=O)NCCO3)c1Cl. The molecule has 1 aliphatic rings. The lowest BCUT2D eigenvalue weighted by molar-refractivity contribution is 0.0957. The number of nitrogens with two attached hydrogens (primary N) is 1. The van der Waals surface area contributed by atoms with Crippen LogP contribution in [0.4, 0.5) is 0 Å². The molecule has 21 heavy (non-hydrogen) atoms. The number of amides is 1. The number of rotatable bonds is 2. The maximum atomic E-state index is 12.0. The molecule has 1 atom stereocenters. The Morgan fingerprint density at radius 2 is 2.29 bits per heavy atom. The average molecular weight is 323 g/mol. The van der Waals surface area contributed by atoms with Crippen molar-refractivity contribution < 1.29 is 9.53 Å². The molecule has 2 aromatic rings. The average Bonchev–Trinajstić information content (AvgIpc) is 2.71. The predicted octanol–water partition coefficient (Wildman–Crippen LogP) is 2.88. The first-order chi connectivity index (χ1) is 10.1. The van der Waals surface area contributed by atoms with Crippen LogP contribution in [-0.2, 0) is 0 Å². The van der Waals surface area contributed by atoms with Gasteiger partial charge in [0.1, 0.15) is 12.4 Å². The van der Waals surface area contributed by atoms with E-state index in [1.807, 2.05) is 18.4 Å². The molecule has 3 N–H and O–H groups in total. The van der Waals surface area contributed by atoms with Crippen molar-refractivity contribution >= 4 is 28.8 Å². The van der Waals surface area contributed by atoms with E-state index < -0.39 is 0 Å². The molecule has 1 aromatic heterocycles. The molecule has 1 unspecified atom stereocenters. The lowest BCUT2D eigenvalue weighted by Crippen LogP contribution is -2.24. The summed E-state index contributed by atoms with van der Waals surface area (Å²) in [6, 6.07) is 5.11. The first-order valence-electron chi connectivity index (χ1n) is 6.62. The standard InChI is InChI=1S/C15H15ClN2O2S/c1-8-7-21-14(12(8)16)13(17)9-2-3-11-10(6-9)15(19)18-4-5-20-11/h2-3,6-7,13H,4-5,17H2,1H3,(H,18,19). The molecule has 0 bridgehead atoms. The number of fused-ring (bicyclic) bond motifs is 1. The molecule has 0 saturated heterocycles. The topological polar surface area (TPSA) is 64.4 Å². The van der Waals surface area contributed by atoms with Crippen molar-refractivity contribution in [2.24, 2.45) is 5.73 Å². The van der Waals surface area contributed by atoms with E-state index in [0.717, 1.165) is 16.0 Å². The molecule has 4 nitrogen and oxygen atoms in total. The van der Waals surface area contributed by atoms with Gasteiger partial charge in [-0.1, -0.05) is 17.7 Å². The van der Waals surface area contributed by atoms with E-state index >= 15 is 0 Å².